The first-order valence-corrected chi connectivity index (χ1v) is 5.20. The molecular weight excluding hydrogens is 326 g/mol. The molecule has 20 heavy (non-hydrogen) atoms. The highest BCUT2D eigenvalue weighted by Crippen LogP contribution is 2.39. The summed E-state index contributed by atoms with van der Waals surface area (Å²) in [5.41, 5.74) is -4.60. The third-order valence-electron chi connectivity index (χ3n) is 1.95. The zero-order valence-corrected chi connectivity index (χ0v) is 9.87. The van der Waals surface area contributed by atoms with Gasteiger partial charge in [0.25, 0.3) is 6.43 Å². The molecule has 0 unspecified atom stereocenters. The van der Waals surface area contributed by atoms with E-state index in [1.807, 2.05) is 0 Å². The van der Waals surface area contributed by atoms with Crippen LogP contribution in [0.4, 0.5) is 35.1 Å². The number of pyridine rings is 1. The predicted octanol–water partition coefficient (Wildman–Crippen LogP) is 4.68. The Morgan fingerprint density at radius 3 is 2.05 bits per heavy atom. The lowest BCUT2D eigenvalue weighted by molar-refractivity contribution is -0.275. The molecule has 1 heterocycles. The lowest BCUT2D eigenvalue weighted by Gasteiger charge is -2.17. The fraction of sp³-hybridized carbons (Fsp3) is 0.444. The van der Waals surface area contributed by atoms with Gasteiger partial charge in [-0.05, 0) is 0 Å². The molecule has 0 fully saturated rings. The summed E-state index contributed by atoms with van der Waals surface area (Å²) in [7, 11) is 0. The van der Waals surface area contributed by atoms with Crippen molar-refractivity contribution < 1.29 is 39.9 Å². The zero-order chi connectivity index (χ0) is 15.7. The van der Waals surface area contributed by atoms with Crippen LogP contribution in [-0.4, -0.2) is 11.3 Å². The standard InChI is InChI=1S/C9H4ClF8NO/c10-2-3-5(20-9(16,17)18)1-4(7(11)12)19-6(3)8(13,14)15/h1,7H,2H2. The van der Waals surface area contributed by atoms with Gasteiger partial charge in [0.15, 0.2) is 5.69 Å². The van der Waals surface area contributed by atoms with Gasteiger partial charge < -0.3 is 4.74 Å². The van der Waals surface area contributed by atoms with Crippen molar-refractivity contribution >= 4 is 11.6 Å². The van der Waals surface area contributed by atoms with E-state index in [0.717, 1.165) is 0 Å². The predicted molar refractivity (Wildman–Crippen MR) is 50.4 cm³/mol. The third-order valence-corrected chi connectivity index (χ3v) is 2.22. The van der Waals surface area contributed by atoms with Crippen molar-refractivity contribution in [3.63, 3.8) is 0 Å². The topological polar surface area (TPSA) is 22.1 Å². The van der Waals surface area contributed by atoms with Crippen LogP contribution >= 0.6 is 11.6 Å². The van der Waals surface area contributed by atoms with Crippen molar-refractivity contribution in [1.29, 1.82) is 0 Å². The summed E-state index contributed by atoms with van der Waals surface area (Å²) >= 11 is 5.13. The van der Waals surface area contributed by atoms with E-state index in [-0.39, 0.29) is 6.07 Å². The van der Waals surface area contributed by atoms with Gasteiger partial charge in [-0.2, -0.15) is 13.2 Å². The highest BCUT2D eigenvalue weighted by atomic mass is 35.5. The van der Waals surface area contributed by atoms with E-state index in [4.69, 9.17) is 11.6 Å². The van der Waals surface area contributed by atoms with Crippen LogP contribution < -0.4 is 4.74 Å². The van der Waals surface area contributed by atoms with Gasteiger partial charge in [-0.25, -0.2) is 13.8 Å². The van der Waals surface area contributed by atoms with Crippen molar-refractivity contribution in [2.45, 2.75) is 24.8 Å². The first kappa shape index (κ1) is 16.7. The Hall–Kier alpha value is -1.32. The van der Waals surface area contributed by atoms with Crippen molar-refractivity contribution in [3.05, 3.63) is 23.0 Å². The molecule has 1 rings (SSSR count). The van der Waals surface area contributed by atoms with E-state index in [0.29, 0.717) is 0 Å². The monoisotopic (exact) mass is 329 g/mol. The van der Waals surface area contributed by atoms with E-state index in [9.17, 15) is 35.1 Å². The Labute approximate surface area is 111 Å². The van der Waals surface area contributed by atoms with Crippen LogP contribution in [0.5, 0.6) is 5.75 Å². The molecule has 0 spiro atoms. The van der Waals surface area contributed by atoms with Crippen LogP contribution in [0.3, 0.4) is 0 Å². The number of ether oxygens (including phenoxy) is 1. The second-order valence-electron chi connectivity index (χ2n) is 3.35. The van der Waals surface area contributed by atoms with Crippen LogP contribution in [0.2, 0.25) is 0 Å². The average Bonchev–Trinajstić information content (AvgIpc) is 2.24. The maximum absolute atomic E-state index is 12.6. The summed E-state index contributed by atoms with van der Waals surface area (Å²) < 4.78 is 102. The molecule has 2 nitrogen and oxygen atoms in total. The molecular formula is C9H4ClF8NO. The largest absolute Gasteiger partial charge is 0.573 e. The molecule has 0 aliphatic rings. The lowest BCUT2D eigenvalue weighted by Crippen LogP contribution is -2.21. The van der Waals surface area contributed by atoms with Gasteiger partial charge >= 0.3 is 12.5 Å². The highest BCUT2D eigenvalue weighted by Gasteiger charge is 2.40. The second-order valence-corrected chi connectivity index (χ2v) is 3.62. The number of halogens is 9. The minimum atomic E-state index is -5.36. The Morgan fingerprint density at radius 1 is 1.15 bits per heavy atom. The first-order chi connectivity index (χ1) is 8.95. The first-order valence-electron chi connectivity index (χ1n) is 4.66. The highest BCUT2D eigenvalue weighted by molar-refractivity contribution is 6.17. The summed E-state index contributed by atoms with van der Waals surface area (Å²) in [6.07, 6.45) is -14.1. The Bertz CT molecular complexity index is 484. The fourth-order valence-corrected chi connectivity index (χ4v) is 1.52. The number of alkyl halides is 9. The summed E-state index contributed by atoms with van der Waals surface area (Å²) in [5.74, 6) is -2.50. The maximum Gasteiger partial charge on any atom is 0.573 e. The van der Waals surface area contributed by atoms with Crippen LogP contribution in [0, 0.1) is 0 Å². The number of hydrogen-bond acceptors (Lipinski definition) is 2. The van der Waals surface area contributed by atoms with Gasteiger partial charge in [-0.15, -0.1) is 24.8 Å². The average molecular weight is 330 g/mol. The SMILES string of the molecule is FC(F)c1cc(OC(F)(F)F)c(CCl)c(C(F)(F)F)n1. The van der Waals surface area contributed by atoms with Crippen LogP contribution in [-0.2, 0) is 12.1 Å². The molecule has 0 saturated heterocycles. The van der Waals surface area contributed by atoms with Gasteiger partial charge in [0, 0.05) is 11.6 Å². The number of rotatable bonds is 3. The minimum Gasteiger partial charge on any atom is -0.405 e. The summed E-state index contributed by atoms with van der Waals surface area (Å²) in [6.45, 7) is 0. The molecule has 1 aromatic heterocycles. The van der Waals surface area contributed by atoms with Gasteiger partial charge in [-0.1, -0.05) is 0 Å². The molecule has 0 amide bonds. The normalized spacial score (nSPS) is 12.9. The van der Waals surface area contributed by atoms with E-state index in [1.54, 1.807) is 0 Å². The number of hydrogen-bond donors (Lipinski definition) is 0. The lowest BCUT2D eigenvalue weighted by atomic mass is 10.1. The van der Waals surface area contributed by atoms with Gasteiger partial charge in [0.1, 0.15) is 11.4 Å². The number of nitrogens with zero attached hydrogens (tertiary/aromatic N) is 1. The molecule has 0 atom stereocenters. The molecule has 0 radical (unpaired) electrons. The fourth-order valence-electron chi connectivity index (χ4n) is 1.26. The molecule has 11 heteroatoms. The summed E-state index contributed by atoms with van der Waals surface area (Å²) in [6, 6.07) is 0.0745. The minimum absolute atomic E-state index is 0.0745. The number of aromatic nitrogens is 1. The molecule has 0 aliphatic carbocycles. The molecule has 0 N–H and O–H groups in total. The van der Waals surface area contributed by atoms with Gasteiger partial charge in [0.2, 0.25) is 0 Å². The van der Waals surface area contributed by atoms with Crippen molar-refractivity contribution in [1.82, 2.24) is 4.98 Å². The zero-order valence-electron chi connectivity index (χ0n) is 9.12. The van der Waals surface area contributed by atoms with Crippen LogP contribution in [0.25, 0.3) is 0 Å². The van der Waals surface area contributed by atoms with E-state index in [1.165, 1.54) is 0 Å². The quantitative estimate of drug-likeness (QED) is 0.593. The van der Waals surface area contributed by atoms with Crippen LogP contribution in [0.1, 0.15) is 23.4 Å². The van der Waals surface area contributed by atoms with Crippen molar-refractivity contribution in [3.8, 4) is 5.75 Å². The van der Waals surface area contributed by atoms with Crippen LogP contribution in [0.15, 0.2) is 6.07 Å². The van der Waals surface area contributed by atoms with Gasteiger partial charge in [-0.3, -0.25) is 0 Å². The Balaban J connectivity index is 3.51. The Kier molecular flexibility index (Phi) is 4.67. The van der Waals surface area contributed by atoms with E-state index in [2.05, 4.69) is 9.72 Å². The smallest absolute Gasteiger partial charge is 0.405 e. The van der Waals surface area contributed by atoms with Gasteiger partial charge in [0.05, 0.1) is 5.88 Å². The van der Waals surface area contributed by atoms with Crippen molar-refractivity contribution in [2.75, 3.05) is 0 Å². The molecule has 114 valence electrons. The Morgan fingerprint density at radius 2 is 1.70 bits per heavy atom. The van der Waals surface area contributed by atoms with E-state index < -0.39 is 47.5 Å². The molecule has 0 saturated carbocycles. The molecule has 1 aromatic rings. The molecule has 0 bridgehead atoms. The molecule has 0 aliphatic heterocycles. The third kappa shape index (κ3) is 4.09. The molecule has 0 aromatic carbocycles. The summed E-state index contributed by atoms with van der Waals surface area (Å²) in [5, 5.41) is 0. The van der Waals surface area contributed by atoms with E-state index >= 15 is 0 Å². The summed E-state index contributed by atoms with van der Waals surface area (Å²) in [4.78, 5) is 2.60. The maximum atomic E-state index is 12.6. The van der Waals surface area contributed by atoms with Crippen molar-refractivity contribution in [2.24, 2.45) is 0 Å². The second kappa shape index (κ2) is 5.58.